The summed E-state index contributed by atoms with van der Waals surface area (Å²) in [5.41, 5.74) is 0.383. The number of rotatable bonds is 7. The monoisotopic (exact) mass is 258 g/mol. The molecule has 5 heteroatoms. The molecule has 0 fully saturated rings. The standard InChI is InChI=1S/C13H20F2N2O/c1-17(2)7-3-6-16-9-13(18)10-4-5-11(14)12(15)8-10/h4-5,8,13,16,18H,3,6-7,9H2,1-2H3. The van der Waals surface area contributed by atoms with E-state index in [0.717, 1.165) is 31.6 Å². The number of halogens is 2. The summed E-state index contributed by atoms with van der Waals surface area (Å²) >= 11 is 0. The zero-order valence-corrected chi connectivity index (χ0v) is 10.8. The number of hydrogen-bond donors (Lipinski definition) is 2. The Balaban J connectivity index is 2.31. The minimum absolute atomic E-state index is 0.332. The molecule has 0 aromatic heterocycles. The van der Waals surface area contributed by atoms with Crippen LogP contribution in [-0.4, -0.2) is 43.7 Å². The quantitative estimate of drug-likeness (QED) is 0.728. The van der Waals surface area contributed by atoms with E-state index in [4.69, 9.17) is 0 Å². The van der Waals surface area contributed by atoms with Crippen molar-refractivity contribution in [2.75, 3.05) is 33.7 Å². The normalized spacial score (nSPS) is 13.0. The van der Waals surface area contributed by atoms with Crippen LogP contribution in [0.4, 0.5) is 8.78 Å². The van der Waals surface area contributed by atoms with E-state index >= 15 is 0 Å². The molecule has 0 bridgehead atoms. The third-order valence-corrected chi connectivity index (χ3v) is 2.62. The predicted octanol–water partition coefficient (Wildman–Crippen LogP) is 1.54. The molecule has 0 aliphatic carbocycles. The highest BCUT2D eigenvalue weighted by molar-refractivity contribution is 5.20. The van der Waals surface area contributed by atoms with E-state index in [2.05, 4.69) is 10.2 Å². The summed E-state index contributed by atoms with van der Waals surface area (Å²) in [6.07, 6.45) is 0.150. The summed E-state index contributed by atoms with van der Waals surface area (Å²) in [7, 11) is 3.99. The molecule has 1 aromatic carbocycles. The van der Waals surface area contributed by atoms with Crippen molar-refractivity contribution in [3.63, 3.8) is 0 Å². The molecule has 3 nitrogen and oxygen atoms in total. The fourth-order valence-electron chi connectivity index (χ4n) is 1.60. The van der Waals surface area contributed by atoms with Crippen LogP contribution in [0, 0.1) is 11.6 Å². The summed E-state index contributed by atoms with van der Waals surface area (Å²) in [4.78, 5) is 2.08. The number of nitrogens with zero attached hydrogens (tertiary/aromatic N) is 1. The summed E-state index contributed by atoms with van der Waals surface area (Å²) in [6.45, 7) is 2.08. The van der Waals surface area contributed by atoms with Gasteiger partial charge in [0.2, 0.25) is 0 Å². The van der Waals surface area contributed by atoms with Crippen LogP contribution in [0.25, 0.3) is 0 Å². The Hall–Kier alpha value is -1.04. The number of aliphatic hydroxyl groups excluding tert-OH is 1. The maximum absolute atomic E-state index is 13.0. The molecular formula is C13H20F2N2O. The van der Waals surface area contributed by atoms with Crippen LogP contribution in [0.3, 0.4) is 0 Å². The van der Waals surface area contributed by atoms with Crippen LogP contribution in [-0.2, 0) is 0 Å². The maximum atomic E-state index is 13.0. The molecule has 1 aromatic rings. The van der Waals surface area contributed by atoms with E-state index in [0.29, 0.717) is 12.1 Å². The first-order valence-electron chi connectivity index (χ1n) is 5.99. The lowest BCUT2D eigenvalue weighted by Gasteiger charge is -2.13. The molecule has 102 valence electrons. The second kappa shape index (κ2) is 7.41. The third-order valence-electron chi connectivity index (χ3n) is 2.62. The zero-order valence-electron chi connectivity index (χ0n) is 10.8. The van der Waals surface area contributed by atoms with Gasteiger partial charge >= 0.3 is 0 Å². The molecule has 2 N–H and O–H groups in total. The first kappa shape index (κ1) is 15.0. The molecule has 1 unspecified atom stereocenters. The molecule has 0 aliphatic rings. The van der Waals surface area contributed by atoms with Crippen molar-refractivity contribution < 1.29 is 13.9 Å². The molecule has 18 heavy (non-hydrogen) atoms. The SMILES string of the molecule is CN(C)CCCNCC(O)c1ccc(F)c(F)c1. The highest BCUT2D eigenvalue weighted by atomic mass is 19.2. The van der Waals surface area contributed by atoms with Gasteiger partial charge in [-0.1, -0.05) is 6.07 Å². The van der Waals surface area contributed by atoms with Crippen LogP contribution in [0.1, 0.15) is 18.1 Å². The Morgan fingerprint density at radius 2 is 2.00 bits per heavy atom. The van der Waals surface area contributed by atoms with Gasteiger partial charge in [-0.15, -0.1) is 0 Å². The summed E-state index contributed by atoms with van der Waals surface area (Å²) in [5.74, 6) is -1.83. The topological polar surface area (TPSA) is 35.5 Å². The fourth-order valence-corrected chi connectivity index (χ4v) is 1.60. The molecule has 0 heterocycles. The van der Waals surface area contributed by atoms with Gasteiger partial charge in [0.1, 0.15) is 0 Å². The van der Waals surface area contributed by atoms with Crippen LogP contribution in [0.15, 0.2) is 18.2 Å². The Morgan fingerprint density at radius 3 is 2.61 bits per heavy atom. The largest absolute Gasteiger partial charge is 0.387 e. The third kappa shape index (κ3) is 5.08. The predicted molar refractivity (Wildman–Crippen MR) is 67.4 cm³/mol. The average Bonchev–Trinajstić information content (AvgIpc) is 2.31. The number of aliphatic hydroxyl groups is 1. The van der Waals surface area contributed by atoms with E-state index in [-0.39, 0.29) is 0 Å². The van der Waals surface area contributed by atoms with Gasteiger partial charge in [-0.05, 0) is 51.3 Å². The van der Waals surface area contributed by atoms with Crippen molar-refractivity contribution in [3.05, 3.63) is 35.4 Å². The molecule has 0 radical (unpaired) electrons. The summed E-state index contributed by atoms with van der Waals surface area (Å²) < 4.78 is 25.7. The van der Waals surface area contributed by atoms with Crippen molar-refractivity contribution in [2.45, 2.75) is 12.5 Å². The molecule has 1 atom stereocenters. The first-order chi connectivity index (χ1) is 8.50. The van der Waals surface area contributed by atoms with Crippen LogP contribution < -0.4 is 5.32 Å². The lowest BCUT2D eigenvalue weighted by atomic mass is 10.1. The van der Waals surface area contributed by atoms with Crippen LogP contribution in [0.2, 0.25) is 0 Å². The number of hydrogen-bond acceptors (Lipinski definition) is 3. The molecule has 0 spiro atoms. The van der Waals surface area contributed by atoms with Gasteiger partial charge < -0.3 is 15.3 Å². The van der Waals surface area contributed by atoms with E-state index in [1.165, 1.54) is 6.07 Å². The highest BCUT2D eigenvalue weighted by Crippen LogP contribution is 2.15. The van der Waals surface area contributed by atoms with Crippen molar-refractivity contribution in [1.29, 1.82) is 0 Å². The molecule has 0 saturated heterocycles. The zero-order chi connectivity index (χ0) is 13.5. The molecule has 0 saturated carbocycles. The Morgan fingerprint density at radius 1 is 1.28 bits per heavy atom. The minimum atomic E-state index is -0.931. The molecule has 0 amide bonds. The number of nitrogens with one attached hydrogen (secondary N) is 1. The summed E-state index contributed by atoms with van der Waals surface area (Å²) in [6, 6.07) is 3.45. The molecule has 0 aliphatic heterocycles. The van der Waals surface area contributed by atoms with E-state index in [1.807, 2.05) is 14.1 Å². The minimum Gasteiger partial charge on any atom is -0.387 e. The first-order valence-corrected chi connectivity index (χ1v) is 5.99. The van der Waals surface area contributed by atoms with Crippen molar-refractivity contribution in [1.82, 2.24) is 10.2 Å². The van der Waals surface area contributed by atoms with E-state index in [1.54, 1.807) is 0 Å². The second-order valence-corrected chi connectivity index (χ2v) is 4.55. The fraction of sp³-hybridized carbons (Fsp3) is 0.538. The Bertz CT molecular complexity index is 372. The van der Waals surface area contributed by atoms with Gasteiger partial charge in [-0.3, -0.25) is 0 Å². The van der Waals surface area contributed by atoms with Gasteiger partial charge in [0.25, 0.3) is 0 Å². The van der Waals surface area contributed by atoms with Gasteiger partial charge in [-0.2, -0.15) is 0 Å². The second-order valence-electron chi connectivity index (χ2n) is 4.55. The molecular weight excluding hydrogens is 238 g/mol. The Labute approximate surface area is 106 Å². The average molecular weight is 258 g/mol. The maximum Gasteiger partial charge on any atom is 0.159 e. The van der Waals surface area contributed by atoms with E-state index < -0.39 is 17.7 Å². The highest BCUT2D eigenvalue weighted by Gasteiger charge is 2.10. The smallest absolute Gasteiger partial charge is 0.159 e. The van der Waals surface area contributed by atoms with E-state index in [9.17, 15) is 13.9 Å². The lowest BCUT2D eigenvalue weighted by Crippen LogP contribution is -2.25. The number of benzene rings is 1. The van der Waals surface area contributed by atoms with Gasteiger partial charge in [0, 0.05) is 6.54 Å². The van der Waals surface area contributed by atoms with Gasteiger partial charge in [0.05, 0.1) is 6.10 Å². The van der Waals surface area contributed by atoms with Crippen LogP contribution >= 0.6 is 0 Å². The molecule has 1 rings (SSSR count). The summed E-state index contributed by atoms with van der Waals surface area (Å²) in [5, 5.41) is 12.9. The Kier molecular flexibility index (Phi) is 6.18. The van der Waals surface area contributed by atoms with Crippen molar-refractivity contribution in [3.8, 4) is 0 Å². The van der Waals surface area contributed by atoms with Crippen molar-refractivity contribution >= 4 is 0 Å². The van der Waals surface area contributed by atoms with Gasteiger partial charge in [-0.25, -0.2) is 8.78 Å². The van der Waals surface area contributed by atoms with Gasteiger partial charge in [0.15, 0.2) is 11.6 Å². The lowest BCUT2D eigenvalue weighted by molar-refractivity contribution is 0.173. The van der Waals surface area contributed by atoms with Crippen LogP contribution in [0.5, 0.6) is 0 Å². The van der Waals surface area contributed by atoms with Crippen molar-refractivity contribution in [2.24, 2.45) is 0 Å².